The smallest absolute Gasteiger partial charge is 0.339 e. The van der Waals surface area contributed by atoms with Crippen molar-refractivity contribution in [1.82, 2.24) is 14.8 Å². The lowest BCUT2D eigenvalue weighted by Crippen LogP contribution is -2.37. The minimum Gasteiger partial charge on any atom is -0.448 e. The predicted octanol–water partition coefficient (Wildman–Crippen LogP) is 2.05. The van der Waals surface area contributed by atoms with Crippen LogP contribution >= 0.6 is 0 Å². The molecule has 1 amide bonds. The van der Waals surface area contributed by atoms with E-state index in [0.29, 0.717) is 24.2 Å². The van der Waals surface area contributed by atoms with Gasteiger partial charge < -0.3 is 10.1 Å². The van der Waals surface area contributed by atoms with Crippen LogP contribution in [0.15, 0.2) is 61.2 Å². The van der Waals surface area contributed by atoms with Gasteiger partial charge in [0.2, 0.25) is 0 Å². The molecule has 1 aliphatic rings. The van der Waals surface area contributed by atoms with Gasteiger partial charge in [0.1, 0.15) is 12.7 Å². The Balaban J connectivity index is 1.41. The Bertz CT molecular complexity index is 936. The number of anilines is 1. The molecule has 0 saturated heterocycles. The highest BCUT2D eigenvalue weighted by atomic mass is 16.5. The zero-order chi connectivity index (χ0) is 17.9. The molecule has 4 rings (SSSR count). The van der Waals surface area contributed by atoms with Gasteiger partial charge in [-0.2, -0.15) is 5.10 Å². The molecular formula is C19H16N4O3. The van der Waals surface area contributed by atoms with Gasteiger partial charge in [0.05, 0.1) is 12.1 Å². The standard InChI is InChI=1S/C19H16N4O3/c24-18(17-9-14-3-1-2-4-16(14)19(25)26-17)22-15-7-5-13(6-8-15)10-23-12-20-11-21-23/h1-8,11-12,17H,9-10H2,(H,22,24)/t17-/m1/s1. The topological polar surface area (TPSA) is 86.1 Å². The van der Waals surface area contributed by atoms with Crippen molar-refractivity contribution in [2.45, 2.75) is 19.1 Å². The van der Waals surface area contributed by atoms with Crippen molar-refractivity contribution in [1.29, 1.82) is 0 Å². The Labute approximate surface area is 149 Å². The summed E-state index contributed by atoms with van der Waals surface area (Å²) in [6, 6.07) is 14.6. The molecule has 1 N–H and O–H groups in total. The second kappa shape index (κ2) is 6.79. The van der Waals surface area contributed by atoms with E-state index in [1.54, 1.807) is 23.1 Å². The number of esters is 1. The number of hydrogen-bond donors (Lipinski definition) is 1. The van der Waals surface area contributed by atoms with Crippen molar-refractivity contribution < 1.29 is 14.3 Å². The molecular weight excluding hydrogens is 332 g/mol. The fourth-order valence-corrected chi connectivity index (χ4v) is 2.90. The largest absolute Gasteiger partial charge is 0.448 e. The van der Waals surface area contributed by atoms with Crippen LogP contribution in [0.25, 0.3) is 0 Å². The van der Waals surface area contributed by atoms with Crippen LogP contribution in [0.5, 0.6) is 0 Å². The van der Waals surface area contributed by atoms with Gasteiger partial charge in [-0.15, -0.1) is 0 Å². The average molecular weight is 348 g/mol. The van der Waals surface area contributed by atoms with Crippen molar-refractivity contribution in [3.8, 4) is 0 Å². The lowest BCUT2D eigenvalue weighted by Gasteiger charge is -2.23. The number of fused-ring (bicyclic) bond motifs is 1. The number of cyclic esters (lactones) is 1. The minimum atomic E-state index is -0.827. The summed E-state index contributed by atoms with van der Waals surface area (Å²) < 4.78 is 6.99. The van der Waals surface area contributed by atoms with E-state index in [9.17, 15) is 9.59 Å². The number of rotatable bonds is 4. The average Bonchev–Trinajstić information content (AvgIpc) is 3.16. The van der Waals surface area contributed by atoms with Gasteiger partial charge in [-0.3, -0.25) is 4.79 Å². The molecule has 0 fully saturated rings. The number of ether oxygens (including phenoxy) is 1. The number of carbonyl (C=O) groups is 2. The van der Waals surface area contributed by atoms with Crippen LogP contribution in [0.2, 0.25) is 0 Å². The molecule has 0 spiro atoms. The van der Waals surface area contributed by atoms with Crippen molar-refractivity contribution in [3.63, 3.8) is 0 Å². The summed E-state index contributed by atoms with van der Waals surface area (Å²) in [6.07, 6.45) is 2.67. The van der Waals surface area contributed by atoms with E-state index < -0.39 is 12.1 Å². The molecule has 0 radical (unpaired) electrons. The Kier molecular flexibility index (Phi) is 4.18. The first-order chi connectivity index (χ1) is 12.7. The van der Waals surface area contributed by atoms with Crippen molar-refractivity contribution in [2.75, 3.05) is 5.32 Å². The Morgan fingerprint density at radius 1 is 1.19 bits per heavy atom. The molecule has 1 aromatic heterocycles. The normalized spacial score (nSPS) is 15.8. The third-order valence-corrected chi connectivity index (χ3v) is 4.22. The number of amides is 1. The highest BCUT2D eigenvalue weighted by Crippen LogP contribution is 2.21. The first kappa shape index (κ1) is 16.0. The van der Waals surface area contributed by atoms with Gasteiger partial charge >= 0.3 is 5.97 Å². The summed E-state index contributed by atoms with van der Waals surface area (Å²) in [6.45, 7) is 0.602. The first-order valence-corrected chi connectivity index (χ1v) is 8.20. The number of carbonyl (C=O) groups excluding carboxylic acids is 2. The molecule has 1 atom stereocenters. The van der Waals surface area contributed by atoms with Gasteiger partial charge in [0.25, 0.3) is 5.91 Å². The minimum absolute atomic E-state index is 0.336. The van der Waals surface area contributed by atoms with E-state index in [1.165, 1.54) is 6.33 Å². The zero-order valence-electron chi connectivity index (χ0n) is 13.8. The van der Waals surface area contributed by atoms with Crippen LogP contribution in [0, 0.1) is 0 Å². The molecule has 0 saturated carbocycles. The molecule has 2 heterocycles. The number of nitrogens with one attached hydrogen (secondary N) is 1. The third-order valence-electron chi connectivity index (χ3n) is 4.22. The summed E-state index contributed by atoms with van der Waals surface area (Å²) in [5.41, 5.74) is 3.03. The summed E-state index contributed by atoms with van der Waals surface area (Å²) in [5, 5.41) is 6.85. The van der Waals surface area contributed by atoms with Crippen LogP contribution in [0.1, 0.15) is 21.5 Å². The highest BCUT2D eigenvalue weighted by Gasteiger charge is 2.30. The summed E-state index contributed by atoms with van der Waals surface area (Å²) in [4.78, 5) is 28.4. The molecule has 26 heavy (non-hydrogen) atoms. The van der Waals surface area contributed by atoms with Gasteiger partial charge in [-0.1, -0.05) is 30.3 Å². The maximum atomic E-state index is 12.5. The molecule has 7 nitrogen and oxygen atoms in total. The monoisotopic (exact) mass is 348 g/mol. The lowest BCUT2D eigenvalue weighted by molar-refractivity contribution is -0.125. The molecule has 130 valence electrons. The molecule has 2 aromatic carbocycles. The molecule has 7 heteroatoms. The fourth-order valence-electron chi connectivity index (χ4n) is 2.90. The maximum Gasteiger partial charge on any atom is 0.339 e. The van der Waals surface area contributed by atoms with E-state index in [4.69, 9.17) is 4.74 Å². The van der Waals surface area contributed by atoms with Gasteiger partial charge in [-0.25, -0.2) is 14.5 Å². The SMILES string of the molecule is O=C1O[C@@H](C(=O)Nc2ccc(Cn3cncn3)cc2)Cc2ccccc21. The van der Waals surface area contributed by atoms with Crippen molar-refractivity contribution in [3.05, 3.63) is 77.9 Å². The quantitative estimate of drug-likeness (QED) is 0.729. The van der Waals surface area contributed by atoms with Crippen LogP contribution < -0.4 is 5.32 Å². The van der Waals surface area contributed by atoms with Crippen molar-refractivity contribution in [2.24, 2.45) is 0 Å². The summed E-state index contributed by atoms with van der Waals surface area (Å²) in [5.74, 6) is -0.799. The van der Waals surface area contributed by atoms with E-state index >= 15 is 0 Å². The summed E-state index contributed by atoms with van der Waals surface area (Å²) >= 11 is 0. The van der Waals surface area contributed by atoms with Crippen LogP contribution in [-0.2, 0) is 22.5 Å². The number of aromatic nitrogens is 3. The van der Waals surface area contributed by atoms with Gasteiger partial charge in [0.15, 0.2) is 6.10 Å². The Morgan fingerprint density at radius 3 is 2.77 bits per heavy atom. The number of benzene rings is 2. The molecule has 3 aromatic rings. The van der Waals surface area contributed by atoms with Gasteiger partial charge in [0, 0.05) is 12.1 Å². The van der Waals surface area contributed by atoms with Crippen LogP contribution in [0.4, 0.5) is 5.69 Å². The van der Waals surface area contributed by atoms with E-state index in [1.807, 2.05) is 36.4 Å². The highest BCUT2D eigenvalue weighted by molar-refractivity contribution is 6.00. The fraction of sp³-hybridized carbons (Fsp3) is 0.158. The zero-order valence-corrected chi connectivity index (χ0v) is 13.8. The van der Waals surface area contributed by atoms with Crippen LogP contribution in [-0.4, -0.2) is 32.7 Å². The Morgan fingerprint density at radius 2 is 2.00 bits per heavy atom. The van der Waals surface area contributed by atoms with E-state index in [-0.39, 0.29) is 5.91 Å². The number of hydrogen-bond acceptors (Lipinski definition) is 5. The second-order valence-corrected chi connectivity index (χ2v) is 6.03. The predicted molar refractivity (Wildman–Crippen MR) is 93.5 cm³/mol. The Hall–Kier alpha value is -3.48. The van der Waals surface area contributed by atoms with Gasteiger partial charge in [-0.05, 0) is 29.3 Å². The number of nitrogens with zero attached hydrogens (tertiary/aromatic N) is 3. The summed E-state index contributed by atoms with van der Waals surface area (Å²) in [7, 11) is 0. The first-order valence-electron chi connectivity index (χ1n) is 8.20. The maximum absolute atomic E-state index is 12.5. The molecule has 1 aliphatic heterocycles. The molecule has 0 bridgehead atoms. The van der Waals surface area contributed by atoms with Crippen LogP contribution in [0.3, 0.4) is 0 Å². The lowest BCUT2D eigenvalue weighted by atomic mass is 9.98. The van der Waals surface area contributed by atoms with Crippen molar-refractivity contribution >= 4 is 17.6 Å². The second-order valence-electron chi connectivity index (χ2n) is 6.03. The van der Waals surface area contributed by atoms with E-state index in [2.05, 4.69) is 15.4 Å². The van der Waals surface area contributed by atoms with E-state index in [0.717, 1.165) is 11.1 Å². The molecule has 0 aliphatic carbocycles. The molecule has 0 unspecified atom stereocenters. The third kappa shape index (κ3) is 3.32.